The Balaban J connectivity index is 2.10. The first-order valence-electron chi connectivity index (χ1n) is 6.05. The monoisotopic (exact) mass is 234 g/mol. The van der Waals surface area contributed by atoms with Crippen LogP contribution in [0.3, 0.4) is 0 Å². The third-order valence-electron chi connectivity index (χ3n) is 4.24. The second-order valence-corrected chi connectivity index (χ2v) is 5.50. The van der Waals surface area contributed by atoms with Crippen LogP contribution in [0.4, 0.5) is 0 Å². The molecule has 2 aliphatic rings. The van der Waals surface area contributed by atoms with Crippen LogP contribution in [-0.2, 0) is 6.42 Å². The molecule has 1 aromatic rings. The zero-order valence-corrected chi connectivity index (χ0v) is 10.0. The molecule has 3 rings (SSSR count). The van der Waals surface area contributed by atoms with Crippen molar-refractivity contribution in [2.45, 2.75) is 38.5 Å². The molecule has 0 atom stereocenters. The van der Waals surface area contributed by atoms with Gasteiger partial charge in [0.25, 0.3) is 0 Å². The molecule has 84 valence electrons. The van der Waals surface area contributed by atoms with Crippen molar-refractivity contribution in [3.8, 4) is 0 Å². The summed E-state index contributed by atoms with van der Waals surface area (Å²) in [4.78, 5) is 12.6. The number of aryl methyl sites for hydroxylation is 1. The van der Waals surface area contributed by atoms with Crippen molar-refractivity contribution in [2.75, 3.05) is 0 Å². The second-order valence-electron chi connectivity index (χ2n) is 5.09. The molecule has 0 amide bonds. The van der Waals surface area contributed by atoms with Crippen LogP contribution < -0.4 is 0 Å². The smallest absolute Gasteiger partial charge is 0.170 e. The van der Waals surface area contributed by atoms with Gasteiger partial charge >= 0.3 is 0 Å². The predicted octanol–water partition coefficient (Wildman–Crippen LogP) is 4.03. The van der Waals surface area contributed by atoms with Crippen LogP contribution in [0.2, 0.25) is 5.02 Å². The van der Waals surface area contributed by atoms with Gasteiger partial charge in [-0.25, -0.2) is 0 Å². The highest BCUT2D eigenvalue weighted by Gasteiger charge is 2.44. The molecule has 0 aromatic heterocycles. The topological polar surface area (TPSA) is 17.1 Å². The maximum absolute atomic E-state index is 12.6. The quantitative estimate of drug-likeness (QED) is 0.663. The lowest BCUT2D eigenvalue weighted by atomic mass is 9.69. The first-order chi connectivity index (χ1) is 7.73. The first-order valence-corrected chi connectivity index (χ1v) is 6.43. The minimum absolute atomic E-state index is 0.0575. The predicted molar refractivity (Wildman–Crippen MR) is 65.0 cm³/mol. The molecule has 0 heterocycles. The molecule has 0 unspecified atom stereocenters. The molecule has 0 bridgehead atoms. The minimum atomic E-state index is -0.0575. The summed E-state index contributed by atoms with van der Waals surface area (Å²) in [6, 6.07) is 5.83. The van der Waals surface area contributed by atoms with Gasteiger partial charge in [-0.05, 0) is 37.3 Å². The van der Waals surface area contributed by atoms with E-state index in [0.29, 0.717) is 10.8 Å². The Morgan fingerprint density at radius 2 is 1.88 bits per heavy atom. The van der Waals surface area contributed by atoms with E-state index in [9.17, 15) is 4.79 Å². The van der Waals surface area contributed by atoms with Crippen molar-refractivity contribution in [3.63, 3.8) is 0 Å². The Kier molecular flexibility index (Phi) is 2.32. The summed E-state index contributed by atoms with van der Waals surface area (Å²) >= 11 is 6.18. The van der Waals surface area contributed by atoms with Crippen molar-refractivity contribution in [1.29, 1.82) is 0 Å². The van der Waals surface area contributed by atoms with Crippen LogP contribution >= 0.6 is 11.6 Å². The van der Waals surface area contributed by atoms with E-state index < -0.39 is 0 Å². The van der Waals surface area contributed by atoms with Crippen LogP contribution in [0.15, 0.2) is 18.2 Å². The van der Waals surface area contributed by atoms with Crippen LogP contribution in [-0.4, -0.2) is 5.78 Å². The normalized spacial score (nSPS) is 22.4. The maximum Gasteiger partial charge on any atom is 0.170 e. The number of hydrogen-bond donors (Lipinski definition) is 0. The Labute approximate surface area is 101 Å². The standard InChI is InChI=1S/C14H15ClO/c15-11-5-3-4-10-6-9-14(7-1-2-8-14)13(16)12(10)11/h3-5H,1-2,6-9H2. The van der Waals surface area contributed by atoms with Gasteiger partial charge in [0.15, 0.2) is 5.78 Å². The number of rotatable bonds is 0. The number of carbonyl (C=O) groups excluding carboxylic acids is 1. The van der Waals surface area contributed by atoms with Crippen LogP contribution in [0.5, 0.6) is 0 Å². The van der Waals surface area contributed by atoms with Gasteiger partial charge in [0.2, 0.25) is 0 Å². The second kappa shape index (κ2) is 3.59. The molecule has 0 aliphatic heterocycles. The van der Waals surface area contributed by atoms with Crippen molar-refractivity contribution in [1.82, 2.24) is 0 Å². The lowest BCUT2D eigenvalue weighted by Crippen LogP contribution is -2.33. The maximum atomic E-state index is 12.6. The first kappa shape index (κ1) is 10.3. The van der Waals surface area contributed by atoms with E-state index in [4.69, 9.17) is 11.6 Å². The summed E-state index contributed by atoms with van der Waals surface area (Å²) in [5, 5.41) is 0.647. The lowest BCUT2D eigenvalue weighted by molar-refractivity contribution is 0.0766. The van der Waals surface area contributed by atoms with Crippen molar-refractivity contribution >= 4 is 17.4 Å². The number of benzene rings is 1. The van der Waals surface area contributed by atoms with Crippen molar-refractivity contribution in [2.24, 2.45) is 5.41 Å². The van der Waals surface area contributed by atoms with Gasteiger partial charge in [0, 0.05) is 11.0 Å². The van der Waals surface area contributed by atoms with Crippen LogP contribution in [0.25, 0.3) is 0 Å². The van der Waals surface area contributed by atoms with E-state index >= 15 is 0 Å². The summed E-state index contributed by atoms with van der Waals surface area (Å²) in [6.45, 7) is 0. The summed E-state index contributed by atoms with van der Waals surface area (Å²) in [5.74, 6) is 0.317. The summed E-state index contributed by atoms with van der Waals surface area (Å²) in [6.07, 6.45) is 6.57. The molecule has 1 aromatic carbocycles. The fourth-order valence-electron chi connectivity index (χ4n) is 3.31. The molecule has 2 heteroatoms. The third kappa shape index (κ3) is 1.34. The van der Waals surface area contributed by atoms with E-state index in [1.807, 2.05) is 18.2 Å². The van der Waals surface area contributed by atoms with E-state index in [0.717, 1.165) is 36.8 Å². The Hall–Kier alpha value is -0.820. The number of carbonyl (C=O) groups is 1. The molecule has 0 N–H and O–H groups in total. The fourth-order valence-corrected chi connectivity index (χ4v) is 3.59. The van der Waals surface area contributed by atoms with Gasteiger partial charge in [0.05, 0.1) is 5.02 Å². The molecule has 0 radical (unpaired) electrons. The molecule has 16 heavy (non-hydrogen) atoms. The number of halogens is 1. The molecule has 2 aliphatic carbocycles. The van der Waals surface area contributed by atoms with Crippen LogP contribution in [0, 0.1) is 5.41 Å². The zero-order valence-electron chi connectivity index (χ0n) is 9.26. The Bertz CT molecular complexity index is 444. The molecular formula is C14H15ClO. The summed E-state index contributed by atoms with van der Waals surface area (Å²) < 4.78 is 0. The summed E-state index contributed by atoms with van der Waals surface area (Å²) in [5.41, 5.74) is 1.91. The number of fused-ring (bicyclic) bond motifs is 1. The minimum Gasteiger partial charge on any atom is -0.293 e. The Morgan fingerprint density at radius 3 is 2.62 bits per heavy atom. The van der Waals surface area contributed by atoms with Gasteiger partial charge in [-0.1, -0.05) is 36.6 Å². The number of Topliss-reactive ketones (excluding diaryl/α,β-unsaturated/α-hetero) is 1. The van der Waals surface area contributed by atoms with Gasteiger partial charge < -0.3 is 0 Å². The van der Waals surface area contributed by atoms with Crippen molar-refractivity contribution < 1.29 is 4.79 Å². The van der Waals surface area contributed by atoms with E-state index in [-0.39, 0.29) is 5.41 Å². The van der Waals surface area contributed by atoms with Gasteiger partial charge in [-0.3, -0.25) is 4.79 Å². The van der Waals surface area contributed by atoms with E-state index in [1.165, 1.54) is 12.8 Å². The van der Waals surface area contributed by atoms with Gasteiger partial charge in [-0.15, -0.1) is 0 Å². The lowest BCUT2D eigenvalue weighted by Gasteiger charge is -2.33. The highest BCUT2D eigenvalue weighted by molar-refractivity contribution is 6.34. The van der Waals surface area contributed by atoms with Crippen LogP contribution in [0.1, 0.15) is 48.0 Å². The SMILES string of the molecule is O=C1c2c(Cl)cccc2CCC12CCCC2. The molecule has 1 spiro atoms. The van der Waals surface area contributed by atoms with Gasteiger partial charge in [0.1, 0.15) is 0 Å². The fraction of sp³-hybridized carbons (Fsp3) is 0.500. The summed E-state index contributed by atoms with van der Waals surface area (Å²) in [7, 11) is 0. The number of hydrogen-bond acceptors (Lipinski definition) is 1. The highest BCUT2D eigenvalue weighted by Crippen LogP contribution is 2.48. The van der Waals surface area contributed by atoms with Gasteiger partial charge in [-0.2, -0.15) is 0 Å². The van der Waals surface area contributed by atoms with Crippen molar-refractivity contribution in [3.05, 3.63) is 34.3 Å². The average molecular weight is 235 g/mol. The molecule has 1 nitrogen and oxygen atoms in total. The average Bonchev–Trinajstić information content (AvgIpc) is 2.74. The van der Waals surface area contributed by atoms with E-state index in [2.05, 4.69) is 0 Å². The molecular weight excluding hydrogens is 220 g/mol. The zero-order chi connectivity index (χ0) is 11.2. The largest absolute Gasteiger partial charge is 0.293 e. The number of ketones is 1. The Morgan fingerprint density at radius 1 is 1.12 bits per heavy atom. The molecule has 1 saturated carbocycles. The molecule has 0 saturated heterocycles. The highest BCUT2D eigenvalue weighted by atomic mass is 35.5. The third-order valence-corrected chi connectivity index (χ3v) is 4.56. The van der Waals surface area contributed by atoms with E-state index in [1.54, 1.807) is 0 Å². The molecule has 1 fully saturated rings.